The van der Waals surface area contributed by atoms with Crippen LogP contribution in [0.25, 0.3) is 0 Å². The van der Waals surface area contributed by atoms with Crippen molar-refractivity contribution in [3.63, 3.8) is 0 Å². The number of nitriles is 1. The van der Waals surface area contributed by atoms with Crippen molar-refractivity contribution in [3.8, 4) is 6.07 Å². The molecule has 114 valence electrons. The van der Waals surface area contributed by atoms with Gasteiger partial charge in [-0.25, -0.2) is 4.39 Å². The molecule has 0 aliphatic carbocycles. The Labute approximate surface area is 119 Å². The van der Waals surface area contributed by atoms with Crippen molar-refractivity contribution in [3.05, 3.63) is 24.7 Å². The number of rotatable bonds is 3. The standard InChI is InChI=1S/C12H14FN3O5/c1-7-15-8(18)2-3-16(7)10-12(20,5-14)9(19)11(4-13,6-17)21-10/h2-3,9-10,17,19-20H,1,4,6H2,(H,15,18)/t9-,10-,11-,12-/m1/s1. The molecule has 0 unspecified atom stereocenters. The monoisotopic (exact) mass is 299 g/mol. The average Bonchev–Trinajstić information content (AvgIpc) is 2.70. The van der Waals surface area contributed by atoms with Gasteiger partial charge in [-0.05, 0) is 0 Å². The van der Waals surface area contributed by atoms with Gasteiger partial charge in [-0.3, -0.25) is 4.79 Å². The summed E-state index contributed by atoms with van der Waals surface area (Å²) >= 11 is 0. The SMILES string of the molecule is C=C1NC(=O)C=CN1[C@@H]1O[C@@](CO)(CF)[C@@H](O)[C@]1(O)C#N. The largest absolute Gasteiger partial charge is 0.393 e. The zero-order valence-corrected chi connectivity index (χ0v) is 10.9. The third-order valence-corrected chi connectivity index (χ3v) is 3.53. The van der Waals surface area contributed by atoms with Gasteiger partial charge in [0.2, 0.25) is 5.60 Å². The van der Waals surface area contributed by atoms with E-state index in [0.717, 1.165) is 11.0 Å². The number of carbonyl (C=O) groups excluding carboxylic acids is 1. The minimum atomic E-state index is -2.52. The molecule has 2 aliphatic rings. The molecule has 0 radical (unpaired) electrons. The second-order valence-corrected chi connectivity index (χ2v) is 4.83. The zero-order chi connectivity index (χ0) is 15.8. The lowest BCUT2D eigenvalue weighted by molar-refractivity contribution is -0.147. The number of halogens is 1. The molecular weight excluding hydrogens is 285 g/mol. The molecule has 8 nitrogen and oxygen atoms in total. The second-order valence-electron chi connectivity index (χ2n) is 4.83. The summed E-state index contributed by atoms with van der Waals surface area (Å²) in [6, 6.07) is 1.47. The van der Waals surface area contributed by atoms with Crippen molar-refractivity contribution in [2.24, 2.45) is 0 Å². The molecule has 0 aromatic rings. The lowest BCUT2D eigenvalue weighted by atomic mass is 9.88. The van der Waals surface area contributed by atoms with Gasteiger partial charge in [-0.1, -0.05) is 6.58 Å². The number of alkyl halides is 1. The van der Waals surface area contributed by atoms with Crippen molar-refractivity contribution < 1.29 is 29.2 Å². The van der Waals surface area contributed by atoms with Crippen LogP contribution in [-0.2, 0) is 9.53 Å². The molecule has 0 aromatic carbocycles. The minimum absolute atomic E-state index is 0.0269. The van der Waals surface area contributed by atoms with Gasteiger partial charge in [0.05, 0.1) is 6.61 Å². The number of nitrogens with one attached hydrogen (secondary N) is 1. The van der Waals surface area contributed by atoms with Crippen LogP contribution in [0.4, 0.5) is 4.39 Å². The highest BCUT2D eigenvalue weighted by Gasteiger charge is 2.66. The number of carbonyl (C=O) groups is 1. The first-order valence-electron chi connectivity index (χ1n) is 5.97. The Kier molecular flexibility index (Phi) is 3.73. The predicted molar refractivity (Wildman–Crippen MR) is 65.5 cm³/mol. The number of hydrogen-bond donors (Lipinski definition) is 4. The molecule has 0 aromatic heterocycles. The first-order valence-corrected chi connectivity index (χ1v) is 5.97. The normalized spacial score (nSPS) is 39.3. The average molecular weight is 299 g/mol. The van der Waals surface area contributed by atoms with E-state index in [2.05, 4.69) is 11.9 Å². The van der Waals surface area contributed by atoms with Crippen molar-refractivity contribution in [1.29, 1.82) is 5.26 Å². The lowest BCUT2D eigenvalue weighted by Crippen LogP contribution is -2.56. The summed E-state index contributed by atoms with van der Waals surface area (Å²) in [5.41, 5.74) is -4.66. The van der Waals surface area contributed by atoms with Crippen LogP contribution in [0.1, 0.15) is 0 Å². The van der Waals surface area contributed by atoms with Gasteiger partial charge in [0.15, 0.2) is 11.8 Å². The Bertz CT molecular complexity index is 542. The minimum Gasteiger partial charge on any atom is -0.393 e. The molecule has 9 heteroatoms. The number of aliphatic hydroxyl groups excluding tert-OH is 2. The maximum absolute atomic E-state index is 13.2. The van der Waals surface area contributed by atoms with E-state index >= 15 is 0 Å². The smallest absolute Gasteiger partial charge is 0.250 e. The molecule has 1 fully saturated rings. The highest BCUT2D eigenvalue weighted by atomic mass is 19.1. The van der Waals surface area contributed by atoms with Crippen LogP contribution in [0.3, 0.4) is 0 Å². The van der Waals surface area contributed by atoms with Crippen LogP contribution in [0.5, 0.6) is 0 Å². The van der Waals surface area contributed by atoms with Gasteiger partial charge in [-0.2, -0.15) is 5.26 Å². The molecule has 2 aliphatic heterocycles. The van der Waals surface area contributed by atoms with E-state index < -0.39 is 42.7 Å². The lowest BCUT2D eigenvalue weighted by Gasteiger charge is -2.35. The summed E-state index contributed by atoms with van der Waals surface area (Å²) in [5.74, 6) is -0.504. The summed E-state index contributed by atoms with van der Waals surface area (Å²) in [7, 11) is 0. The summed E-state index contributed by atoms with van der Waals surface area (Å²) in [4.78, 5) is 12.2. The Morgan fingerprint density at radius 2 is 2.33 bits per heavy atom. The van der Waals surface area contributed by atoms with E-state index in [-0.39, 0.29) is 5.82 Å². The van der Waals surface area contributed by atoms with Crippen LogP contribution in [0.15, 0.2) is 24.7 Å². The first kappa shape index (κ1) is 15.4. The summed E-state index contributed by atoms with van der Waals surface area (Å²) in [6.07, 6.45) is -1.29. The molecular formula is C12H14FN3O5. The summed E-state index contributed by atoms with van der Waals surface area (Å²) in [5, 5.41) is 41.1. The second kappa shape index (κ2) is 5.09. The molecule has 0 saturated carbocycles. The van der Waals surface area contributed by atoms with Crippen LogP contribution in [0.2, 0.25) is 0 Å². The number of aliphatic hydroxyl groups is 3. The van der Waals surface area contributed by atoms with Crippen LogP contribution < -0.4 is 5.32 Å². The molecule has 4 N–H and O–H groups in total. The zero-order valence-electron chi connectivity index (χ0n) is 10.9. The Morgan fingerprint density at radius 3 is 2.81 bits per heavy atom. The third-order valence-electron chi connectivity index (χ3n) is 3.53. The van der Waals surface area contributed by atoms with Crippen molar-refractivity contribution in [2.75, 3.05) is 13.3 Å². The molecule has 4 atom stereocenters. The molecule has 2 heterocycles. The molecule has 2 rings (SSSR count). The van der Waals surface area contributed by atoms with E-state index in [0.29, 0.717) is 0 Å². The van der Waals surface area contributed by atoms with Gasteiger partial charge in [0, 0.05) is 12.3 Å². The summed E-state index contributed by atoms with van der Waals surface area (Å²) < 4.78 is 18.4. The molecule has 1 saturated heterocycles. The predicted octanol–water partition coefficient (Wildman–Crippen LogP) is -1.92. The van der Waals surface area contributed by atoms with E-state index in [1.807, 2.05) is 0 Å². The molecule has 1 amide bonds. The number of amides is 1. The van der Waals surface area contributed by atoms with E-state index in [1.54, 1.807) is 0 Å². The Hall–Kier alpha value is -1.99. The molecule has 21 heavy (non-hydrogen) atoms. The maximum atomic E-state index is 13.2. The Morgan fingerprint density at radius 1 is 1.67 bits per heavy atom. The topological polar surface area (TPSA) is 126 Å². The number of hydrogen-bond acceptors (Lipinski definition) is 7. The van der Waals surface area contributed by atoms with Crippen LogP contribution in [-0.4, -0.2) is 62.9 Å². The van der Waals surface area contributed by atoms with Gasteiger partial charge in [0.25, 0.3) is 5.91 Å². The Balaban J connectivity index is 2.44. The van der Waals surface area contributed by atoms with Gasteiger partial charge >= 0.3 is 0 Å². The van der Waals surface area contributed by atoms with E-state index in [1.165, 1.54) is 12.3 Å². The number of ether oxygens (including phenoxy) is 1. The van der Waals surface area contributed by atoms with Crippen LogP contribution >= 0.6 is 0 Å². The van der Waals surface area contributed by atoms with Crippen molar-refractivity contribution in [2.45, 2.75) is 23.5 Å². The van der Waals surface area contributed by atoms with Gasteiger partial charge in [-0.15, -0.1) is 0 Å². The van der Waals surface area contributed by atoms with E-state index in [4.69, 9.17) is 10.00 Å². The van der Waals surface area contributed by atoms with Crippen molar-refractivity contribution in [1.82, 2.24) is 10.2 Å². The quantitative estimate of drug-likeness (QED) is 0.447. The highest BCUT2D eigenvalue weighted by molar-refractivity contribution is 5.89. The third kappa shape index (κ3) is 2.09. The first-order chi connectivity index (χ1) is 9.84. The van der Waals surface area contributed by atoms with E-state index in [9.17, 15) is 24.5 Å². The van der Waals surface area contributed by atoms with Crippen LogP contribution in [0, 0.1) is 11.3 Å². The van der Waals surface area contributed by atoms with Crippen molar-refractivity contribution >= 4 is 5.91 Å². The maximum Gasteiger partial charge on any atom is 0.250 e. The molecule has 0 spiro atoms. The fourth-order valence-electron chi connectivity index (χ4n) is 2.27. The fraction of sp³-hybridized carbons (Fsp3) is 0.500. The number of nitrogens with zero attached hydrogens (tertiary/aromatic N) is 2. The molecule has 0 bridgehead atoms. The van der Waals surface area contributed by atoms with Gasteiger partial charge in [0.1, 0.15) is 24.7 Å². The van der Waals surface area contributed by atoms with Gasteiger partial charge < -0.3 is 30.3 Å². The summed E-state index contributed by atoms with van der Waals surface area (Å²) in [6.45, 7) is 1.26. The fourth-order valence-corrected chi connectivity index (χ4v) is 2.27. The highest BCUT2D eigenvalue weighted by Crippen LogP contribution is 2.41.